The van der Waals surface area contributed by atoms with Crippen LogP contribution < -0.4 is 10.5 Å². The van der Waals surface area contributed by atoms with Crippen molar-refractivity contribution in [2.24, 2.45) is 11.7 Å². The molecule has 0 spiro atoms. The SMILES string of the molecule is CC(C)Oc1ccc(C(C)CC(CN)CO)cc1. The summed E-state index contributed by atoms with van der Waals surface area (Å²) in [5, 5.41) is 9.17. The van der Waals surface area contributed by atoms with Crippen LogP contribution in [0.15, 0.2) is 24.3 Å². The van der Waals surface area contributed by atoms with E-state index in [1.165, 1.54) is 5.56 Å². The number of rotatable bonds is 7. The van der Waals surface area contributed by atoms with Gasteiger partial charge in [0.05, 0.1) is 6.10 Å². The molecule has 0 aliphatic heterocycles. The van der Waals surface area contributed by atoms with Gasteiger partial charge < -0.3 is 15.6 Å². The minimum atomic E-state index is 0.162. The lowest BCUT2D eigenvalue weighted by molar-refractivity contribution is 0.217. The molecule has 18 heavy (non-hydrogen) atoms. The lowest BCUT2D eigenvalue weighted by Crippen LogP contribution is -2.20. The summed E-state index contributed by atoms with van der Waals surface area (Å²) >= 11 is 0. The average molecular weight is 251 g/mol. The van der Waals surface area contributed by atoms with E-state index in [1.54, 1.807) is 0 Å². The Hall–Kier alpha value is -1.06. The topological polar surface area (TPSA) is 55.5 Å². The Morgan fingerprint density at radius 1 is 1.17 bits per heavy atom. The molecule has 0 aliphatic rings. The minimum Gasteiger partial charge on any atom is -0.491 e. The van der Waals surface area contributed by atoms with E-state index in [0.717, 1.165) is 12.2 Å². The molecule has 0 aliphatic carbocycles. The lowest BCUT2D eigenvalue weighted by Gasteiger charge is -2.18. The quantitative estimate of drug-likeness (QED) is 0.783. The van der Waals surface area contributed by atoms with Gasteiger partial charge in [0.15, 0.2) is 0 Å². The molecule has 1 aromatic rings. The lowest BCUT2D eigenvalue weighted by atomic mass is 9.90. The van der Waals surface area contributed by atoms with Crippen LogP contribution in [0.2, 0.25) is 0 Å². The van der Waals surface area contributed by atoms with Crippen molar-refractivity contribution in [2.75, 3.05) is 13.2 Å². The first-order valence-corrected chi connectivity index (χ1v) is 6.64. The van der Waals surface area contributed by atoms with Gasteiger partial charge in [-0.2, -0.15) is 0 Å². The summed E-state index contributed by atoms with van der Waals surface area (Å²) in [5.41, 5.74) is 6.87. The van der Waals surface area contributed by atoms with Crippen molar-refractivity contribution < 1.29 is 9.84 Å². The summed E-state index contributed by atoms with van der Waals surface area (Å²) in [7, 11) is 0. The predicted molar refractivity (Wildman–Crippen MR) is 74.9 cm³/mol. The van der Waals surface area contributed by atoms with Crippen molar-refractivity contribution in [2.45, 2.75) is 39.2 Å². The minimum absolute atomic E-state index is 0.162. The molecule has 0 bridgehead atoms. The fraction of sp³-hybridized carbons (Fsp3) is 0.600. The van der Waals surface area contributed by atoms with Crippen molar-refractivity contribution in [3.05, 3.63) is 29.8 Å². The molecule has 2 atom stereocenters. The zero-order valence-corrected chi connectivity index (χ0v) is 11.6. The highest BCUT2D eigenvalue weighted by Gasteiger charge is 2.12. The predicted octanol–water partition coefficient (Wildman–Crippen LogP) is 2.53. The number of hydrogen-bond acceptors (Lipinski definition) is 3. The van der Waals surface area contributed by atoms with Gasteiger partial charge >= 0.3 is 0 Å². The maximum absolute atomic E-state index is 9.17. The van der Waals surface area contributed by atoms with Crippen LogP contribution in [0.1, 0.15) is 38.7 Å². The van der Waals surface area contributed by atoms with Crippen molar-refractivity contribution in [1.82, 2.24) is 0 Å². The Labute approximate surface area is 110 Å². The van der Waals surface area contributed by atoms with E-state index in [4.69, 9.17) is 15.6 Å². The fourth-order valence-electron chi connectivity index (χ4n) is 2.03. The first-order chi connectivity index (χ1) is 8.56. The van der Waals surface area contributed by atoms with Crippen LogP contribution in [0.3, 0.4) is 0 Å². The van der Waals surface area contributed by atoms with Crippen molar-refractivity contribution >= 4 is 0 Å². The third-order valence-corrected chi connectivity index (χ3v) is 3.10. The molecule has 102 valence electrons. The maximum atomic E-state index is 9.17. The second-order valence-electron chi connectivity index (χ2n) is 5.16. The molecule has 0 fully saturated rings. The van der Waals surface area contributed by atoms with Crippen molar-refractivity contribution in [3.63, 3.8) is 0 Å². The standard InChI is InChI=1S/C15H25NO2/c1-11(2)18-15-6-4-14(5-7-15)12(3)8-13(9-16)10-17/h4-7,11-13,17H,8-10,16H2,1-3H3. The number of ether oxygens (including phenoxy) is 1. The van der Waals surface area contributed by atoms with Crippen LogP contribution in [-0.4, -0.2) is 24.4 Å². The zero-order chi connectivity index (χ0) is 13.5. The van der Waals surface area contributed by atoms with Gasteiger partial charge in [0.2, 0.25) is 0 Å². The van der Waals surface area contributed by atoms with Gasteiger partial charge in [-0.1, -0.05) is 19.1 Å². The van der Waals surface area contributed by atoms with E-state index in [-0.39, 0.29) is 18.6 Å². The van der Waals surface area contributed by atoms with Crippen LogP contribution in [0.4, 0.5) is 0 Å². The number of benzene rings is 1. The molecule has 0 saturated heterocycles. The summed E-state index contributed by atoms with van der Waals surface area (Å²) < 4.78 is 5.61. The van der Waals surface area contributed by atoms with Crippen molar-refractivity contribution in [1.29, 1.82) is 0 Å². The molecule has 3 heteroatoms. The van der Waals surface area contributed by atoms with Crippen LogP contribution in [0, 0.1) is 5.92 Å². The zero-order valence-electron chi connectivity index (χ0n) is 11.6. The monoisotopic (exact) mass is 251 g/mol. The molecule has 1 aromatic carbocycles. The van der Waals surface area contributed by atoms with E-state index in [1.807, 2.05) is 26.0 Å². The molecule has 3 N–H and O–H groups in total. The number of hydrogen-bond donors (Lipinski definition) is 2. The number of aliphatic hydroxyl groups is 1. The molecule has 0 amide bonds. The molecule has 0 saturated carbocycles. The Balaban J connectivity index is 2.61. The normalized spacial score (nSPS) is 14.6. The van der Waals surface area contributed by atoms with E-state index < -0.39 is 0 Å². The third-order valence-electron chi connectivity index (χ3n) is 3.10. The van der Waals surface area contributed by atoms with Crippen LogP contribution in [0.25, 0.3) is 0 Å². The van der Waals surface area contributed by atoms with Crippen molar-refractivity contribution in [3.8, 4) is 5.75 Å². The van der Waals surface area contributed by atoms with Crippen LogP contribution in [0.5, 0.6) is 5.75 Å². The summed E-state index contributed by atoms with van der Waals surface area (Å²) in [5.74, 6) is 1.49. The summed E-state index contributed by atoms with van der Waals surface area (Å²) in [4.78, 5) is 0. The van der Waals surface area contributed by atoms with Gasteiger partial charge in [-0.3, -0.25) is 0 Å². The number of aliphatic hydroxyl groups excluding tert-OH is 1. The highest BCUT2D eigenvalue weighted by Crippen LogP contribution is 2.25. The van der Waals surface area contributed by atoms with E-state index in [0.29, 0.717) is 12.5 Å². The van der Waals surface area contributed by atoms with Gasteiger partial charge in [-0.05, 0) is 56.3 Å². The molecule has 0 heterocycles. The summed E-state index contributed by atoms with van der Waals surface area (Å²) in [6.45, 7) is 6.90. The van der Waals surface area contributed by atoms with E-state index >= 15 is 0 Å². The second kappa shape index (κ2) is 7.39. The molecule has 1 rings (SSSR count). The molecule has 0 aromatic heterocycles. The van der Waals surface area contributed by atoms with E-state index in [2.05, 4.69) is 19.1 Å². The molecule has 2 unspecified atom stereocenters. The van der Waals surface area contributed by atoms with Gasteiger partial charge in [0.1, 0.15) is 5.75 Å². The Morgan fingerprint density at radius 2 is 1.78 bits per heavy atom. The van der Waals surface area contributed by atoms with Gasteiger partial charge in [0, 0.05) is 6.61 Å². The first-order valence-electron chi connectivity index (χ1n) is 6.64. The summed E-state index contributed by atoms with van der Waals surface area (Å²) in [6.07, 6.45) is 1.11. The van der Waals surface area contributed by atoms with Gasteiger partial charge in [-0.25, -0.2) is 0 Å². The summed E-state index contributed by atoms with van der Waals surface area (Å²) in [6, 6.07) is 8.19. The Bertz CT molecular complexity index is 331. The molecular weight excluding hydrogens is 226 g/mol. The second-order valence-corrected chi connectivity index (χ2v) is 5.16. The number of nitrogens with two attached hydrogens (primary N) is 1. The fourth-order valence-corrected chi connectivity index (χ4v) is 2.03. The Kier molecular flexibility index (Phi) is 6.16. The molecule has 0 radical (unpaired) electrons. The van der Waals surface area contributed by atoms with Gasteiger partial charge in [0.25, 0.3) is 0 Å². The highest BCUT2D eigenvalue weighted by molar-refractivity contribution is 5.29. The smallest absolute Gasteiger partial charge is 0.119 e. The van der Waals surface area contributed by atoms with E-state index in [9.17, 15) is 0 Å². The molecular formula is C15H25NO2. The average Bonchev–Trinajstić information content (AvgIpc) is 2.35. The Morgan fingerprint density at radius 3 is 2.22 bits per heavy atom. The largest absolute Gasteiger partial charge is 0.491 e. The maximum Gasteiger partial charge on any atom is 0.119 e. The molecule has 3 nitrogen and oxygen atoms in total. The van der Waals surface area contributed by atoms with Gasteiger partial charge in [-0.15, -0.1) is 0 Å². The van der Waals surface area contributed by atoms with Crippen LogP contribution in [-0.2, 0) is 0 Å². The third kappa shape index (κ3) is 4.67. The van der Waals surface area contributed by atoms with Crippen LogP contribution >= 0.6 is 0 Å². The first kappa shape index (κ1) is 15.0. The highest BCUT2D eigenvalue weighted by atomic mass is 16.5.